The van der Waals surface area contributed by atoms with Gasteiger partial charge in [0.2, 0.25) is 5.91 Å². The second kappa shape index (κ2) is 6.92. The van der Waals surface area contributed by atoms with Crippen molar-refractivity contribution >= 4 is 28.7 Å². The number of aromatic amines is 1. The van der Waals surface area contributed by atoms with Crippen LogP contribution in [0.4, 0.5) is 0 Å². The lowest BCUT2D eigenvalue weighted by Gasteiger charge is -2.32. The molecule has 1 aliphatic rings. The van der Waals surface area contributed by atoms with Crippen molar-refractivity contribution in [3.63, 3.8) is 0 Å². The first-order valence-corrected chi connectivity index (χ1v) is 8.23. The Hall–Kier alpha value is -2.90. The van der Waals surface area contributed by atoms with Gasteiger partial charge in [-0.25, -0.2) is 0 Å². The molecule has 2 amide bonds. The molecule has 2 aromatic rings. The predicted octanol–water partition coefficient (Wildman–Crippen LogP) is 1.00. The molecule has 1 aromatic carbocycles. The van der Waals surface area contributed by atoms with Gasteiger partial charge in [-0.1, -0.05) is 18.2 Å². The van der Waals surface area contributed by atoms with Crippen LogP contribution in [0.2, 0.25) is 0 Å². The number of aliphatic carboxylic acids is 1. The normalized spacial score (nSPS) is 16.6. The molecule has 0 spiro atoms. The molecule has 1 unspecified atom stereocenters. The highest BCUT2D eigenvalue weighted by molar-refractivity contribution is 6.05. The van der Waals surface area contributed by atoms with Gasteiger partial charge in [0.25, 0.3) is 5.91 Å². The Morgan fingerprint density at radius 2 is 1.96 bits per heavy atom. The first kappa shape index (κ1) is 16.9. The highest BCUT2D eigenvalue weighted by atomic mass is 16.4. The molecule has 8 heteroatoms. The average Bonchev–Trinajstić information content (AvgIpc) is 3.05. The zero-order chi connectivity index (χ0) is 18.0. The molecule has 8 nitrogen and oxygen atoms in total. The number of carbonyl (C=O) groups is 3. The summed E-state index contributed by atoms with van der Waals surface area (Å²) in [5.74, 6) is -1.85. The Morgan fingerprint density at radius 3 is 2.64 bits per heavy atom. The van der Waals surface area contributed by atoms with E-state index in [9.17, 15) is 14.4 Å². The monoisotopic (exact) mass is 344 g/mol. The van der Waals surface area contributed by atoms with Gasteiger partial charge < -0.3 is 15.3 Å². The lowest BCUT2D eigenvalue weighted by atomic mass is 9.97. The zero-order valence-corrected chi connectivity index (χ0v) is 13.9. The molecule has 0 radical (unpaired) electrons. The Morgan fingerprint density at radius 1 is 1.28 bits per heavy atom. The molecule has 1 fully saturated rings. The molecule has 0 saturated carbocycles. The summed E-state index contributed by atoms with van der Waals surface area (Å²) in [5, 5.41) is 19.2. The second-order valence-corrected chi connectivity index (χ2v) is 6.25. The van der Waals surface area contributed by atoms with Crippen molar-refractivity contribution in [2.75, 3.05) is 13.1 Å². The number of piperidine rings is 1. The summed E-state index contributed by atoms with van der Waals surface area (Å²) in [6.07, 6.45) is 0.873. The maximum atomic E-state index is 12.5. The fourth-order valence-corrected chi connectivity index (χ4v) is 3.08. The van der Waals surface area contributed by atoms with Crippen molar-refractivity contribution in [1.29, 1.82) is 0 Å². The third-order valence-corrected chi connectivity index (χ3v) is 4.56. The van der Waals surface area contributed by atoms with E-state index in [1.807, 2.05) is 18.2 Å². The molecule has 132 valence electrons. The van der Waals surface area contributed by atoms with Crippen molar-refractivity contribution < 1.29 is 19.5 Å². The second-order valence-electron chi connectivity index (χ2n) is 6.25. The maximum Gasteiger partial charge on any atom is 0.306 e. The summed E-state index contributed by atoms with van der Waals surface area (Å²) in [6.45, 7) is 2.40. The Balaban J connectivity index is 1.62. The van der Waals surface area contributed by atoms with Crippen LogP contribution in [0, 0.1) is 5.92 Å². The van der Waals surface area contributed by atoms with Crippen LogP contribution in [-0.4, -0.2) is 57.1 Å². The third kappa shape index (κ3) is 3.47. The molecule has 2 heterocycles. The van der Waals surface area contributed by atoms with Crippen LogP contribution < -0.4 is 5.32 Å². The number of fused-ring (bicyclic) bond motifs is 1. The number of aromatic nitrogens is 2. The number of amides is 2. The third-order valence-electron chi connectivity index (χ3n) is 4.56. The molecular weight excluding hydrogens is 324 g/mol. The number of likely N-dealkylation sites (tertiary alicyclic amines) is 1. The minimum atomic E-state index is -0.820. The van der Waals surface area contributed by atoms with E-state index in [-0.39, 0.29) is 11.6 Å². The minimum absolute atomic E-state index is 0.211. The summed E-state index contributed by atoms with van der Waals surface area (Å²) in [5.41, 5.74) is 1.00. The predicted molar refractivity (Wildman–Crippen MR) is 90.0 cm³/mol. The lowest BCUT2D eigenvalue weighted by molar-refractivity contribution is -0.146. The molecule has 3 rings (SSSR count). The average molecular weight is 344 g/mol. The number of H-pyrrole nitrogens is 1. The van der Waals surface area contributed by atoms with Crippen LogP contribution >= 0.6 is 0 Å². The Labute approximate surface area is 144 Å². The van der Waals surface area contributed by atoms with Crippen molar-refractivity contribution in [1.82, 2.24) is 20.4 Å². The van der Waals surface area contributed by atoms with E-state index in [1.54, 1.807) is 17.9 Å². The first-order chi connectivity index (χ1) is 12.0. The molecule has 25 heavy (non-hydrogen) atoms. The van der Waals surface area contributed by atoms with Crippen molar-refractivity contribution in [3.05, 3.63) is 30.0 Å². The number of nitrogens with one attached hydrogen (secondary N) is 2. The van der Waals surface area contributed by atoms with E-state index in [1.165, 1.54) is 0 Å². The number of rotatable bonds is 4. The molecule has 1 saturated heterocycles. The number of carboxylic acids is 1. The molecule has 0 aliphatic carbocycles. The molecule has 1 aliphatic heterocycles. The first-order valence-electron chi connectivity index (χ1n) is 8.23. The molecular formula is C17H20N4O4. The SMILES string of the molecule is CC(NC(=O)c1n[nH]c2ccccc12)C(=O)N1CCC(C(=O)O)CC1. The Kier molecular flexibility index (Phi) is 4.69. The van der Waals surface area contributed by atoms with Gasteiger partial charge in [-0.2, -0.15) is 5.10 Å². The molecule has 3 N–H and O–H groups in total. The van der Waals surface area contributed by atoms with Gasteiger partial charge >= 0.3 is 5.97 Å². The van der Waals surface area contributed by atoms with Gasteiger partial charge in [-0.05, 0) is 25.8 Å². The summed E-state index contributed by atoms with van der Waals surface area (Å²) in [7, 11) is 0. The van der Waals surface area contributed by atoms with Crippen molar-refractivity contribution in [3.8, 4) is 0 Å². The Bertz CT molecular complexity index is 808. The smallest absolute Gasteiger partial charge is 0.306 e. The van der Waals surface area contributed by atoms with Gasteiger partial charge in [-0.3, -0.25) is 19.5 Å². The van der Waals surface area contributed by atoms with E-state index < -0.39 is 23.8 Å². The number of benzene rings is 1. The fraction of sp³-hybridized carbons (Fsp3) is 0.412. The summed E-state index contributed by atoms with van der Waals surface area (Å²) in [4.78, 5) is 37.5. The number of hydrogen-bond acceptors (Lipinski definition) is 4. The van der Waals surface area contributed by atoms with Gasteiger partial charge in [0.05, 0.1) is 11.4 Å². The van der Waals surface area contributed by atoms with Gasteiger partial charge in [0.15, 0.2) is 5.69 Å². The number of nitrogens with zero attached hydrogens (tertiary/aromatic N) is 2. The number of carboxylic acid groups (broad SMARTS) is 1. The zero-order valence-electron chi connectivity index (χ0n) is 13.9. The summed E-state index contributed by atoms with van der Waals surface area (Å²) >= 11 is 0. The molecule has 1 aromatic heterocycles. The number of hydrogen-bond donors (Lipinski definition) is 3. The molecule has 0 bridgehead atoms. The number of carbonyl (C=O) groups excluding carboxylic acids is 2. The van der Waals surface area contributed by atoms with Crippen LogP contribution in [0.5, 0.6) is 0 Å². The van der Waals surface area contributed by atoms with Crippen molar-refractivity contribution in [2.24, 2.45) is 5.92 Å². The van der Waals surface area contributed by atoms with Crippen LogP contribution in [-0.2, 0) is 9.59 Å². The summed E-state index contributed by atoms with van der Waals surface area (Å²) < 4.78 is 0. The topological polar surface area (TPSA) is 115 Å². The van der Waals surface area contributed by atoms with Crippen LogP contribution in [0.3, 0.4) is 0 Å². The van der Waals surface area contributed by atoms with Crippen LogP contribution in [0.15, 0.2) is 24.3 Å². The van der Waals surface area contributed by atoms with E-state index in [0.29, 0.717) is 31.3 Å². The van der Waals surface area contributed by atoms with E-state index in [4.69, 9.17) is 5.11 Å². The van der Waals surface area contributed by atoms with E-state index >= 15 is 0 Å². The minimum Gasteiger partial charge on any atom is -0.481 e. The molecule has 1 atom stereocenters. The van der Waals surface area contributed by atoms with E-state index in [2.05, 4.69) is 15.5 Å². The fourth-order valence-electron chi connectivity index (χ4n) is 3.08. The van der Waals surface area contributed by atoms with Gasteiger partial charge in [0.1, 0.15) is 6.04 Å². The quantitative estimate of drug-likeness (QED) is 0.765. The van der Waals surface area contributed by atoms with Gasteiger partial charge in [-0.15, -0.1) is 0 Å². The van der Waals surface area contributed by atoms with Crippen LogP contribution in [0.1, 0.15) is 30.3 Å². The standard InChI is InChI=1S/C17H20N4O4/c1-10(16(23)21-8-6-11(7-9-21)17(24)25)18-15(22)14-12-4-2-3-5-13(12)19-20-14/h2-5,10-11H,6-9H2,1H3,(H,18,22)(H,19,20)(H,24,25). The lowest BCUT2D eigenvalue weighted by Crippen LogP contribution is -2.50. The number of para-hydroxylation sites is 1. The largest absolute Gasteiger partial charge is 0.481 e. The highest BCUT2D eigenvalue weighted by Gasteiger charge is 2.30. The van der Waals surface area contributed by atoms with Crippen LogP contribution in [0.25, 0.3) is 10.9 Å². The summed E-state index contributed by atoms with van der Waals surface area (Å²) in [6, 6.07) is 6.56. The highest BCUT2D eigenvalue weighted by Crippen LogP contribution is 2.18. The van der Waals surface area contributed by atoms with Gasteiger partial charge in [0, 0.05) is 18.5 Å². The van der Waals surface area contributed by atoms with Crippen molar-refractivity contribution in [2.45, 2.75) is 25.8 Å². The van der Waals surface area contributed by atoms with E-state index in [0.717, 1.165) is 5.52 Å². The maximum absolute atomic E-state index is 12.5.